The van der Waals surface area contributed by atoms with Crippen molar-refractivity contribution in [3.05, 3.63) is 68.6 Å². The van der Waals surface area contributed by atoms with E-state index in [1.165, 1.54) is 30.6 Å². The highest BCUT2D eigenvalue weighted by Gasteiger charge is 2.10. The number of carbonyl (C=O) groups excluding carboxylic acids is 1. The van der Waals surface area contributed by atoms with Gasteiger partial charge in [-0.2, -0.15) is 0 Å². The monoisotopic (exact) mass is 358 g/mol. The van der Waals surface area contributed by atoms with Crippen LogP contribution in [-0.2, 0) is 29.7 Å². The van der Waals surface area contributed by atoms with Gasteiger partial charge >= 0.3 is 11.7 Å². The molecule has 8 nitrogen and oxygen atoms in total. The minimum absolute atomic E-state index is 0.00266. The highest BCUT2D eigenvalue weighted by molar-refractivity contribution is 7.13. The molecule has 3 rings (SSSR count). The largest absolute Gasteiger partial charge is 0.458 e. The van der Waals surface area contributed by atoms with Crippen molar-refractivity contribution in [1.82, 2.24) is 19.1 Å². The van der Waals surface area contributed by atoms with E-state index in [0.717, 1.165) is 19.8 Å². The Morgan fingerprint density at radius 3 is 2.88 bits per heavy atom. The van der Waals surface area contributed by atoms with E-state index in [-0.39, 0.29) is 13.2 Å². The lowest BCUT2D eigenvalue weighted by Crippen LogP contribution is -2.38. The van der Waals surface area contributed by atoms with Gasteiger partial charge in [0.05, 0.1) is 11.4 Å². The minimum atomic E-state index is -0.590. The Morgan fingerprint density at radius 1 is 1.28 bits per heavy atom. The number of pyridine rings is 1. The van der Waals surface area contributed by atoms with Crippen molar-refractivity contribution in [1.29, 1.82) is 0 Å². The first-order chi connectivity index (χ1) is 12.0. The number of nitrogens with zero attached hydrogens (tertiary/aromatic N) is 4. The second-order valence-corrected chi connectivity index (χ2v) is 6.00. The number of aromatic nitrogens is 4. The summed E-state index contributed by atoms with van der Waals surface area (Å²) in [6.07, 6.45) is 2.95. The zero-order valence-corrected chi connectivity index (χ0v) is 14.1. The maximum absolute atomic E-state index is 11.9. The summed E-state index contributed by atoms with van der Waals surface area (Å²) < 4.78 is 7.18. The molecule has 0 saturated heterocycles. The van der Waals surface area contributed by atoms with E-state index >= 15 is 0 Å². The summed E-state index contributed by atoms with van der Waals surface area (Å²) in [6.45, 7) is -0.271. The van der Waals surface area contributed by atoms with E-state index in [0.29, 0.717) is 5.69 Å². The van der Waals surface area contributed by atoms with Crippen LogP contribution in [0.15, 0.2) is 51.6 Å². The van der Waals surface area contributed by atoms with Crippen molar-refractivity contribution in [2.75, 3.05) is 0 Å². The first kappa shape index (κ1) is 16.8. The van der Waals surface area contributed by atoms with Crippen LogP contribution in [0.1, 0.15) is 5.69 Å². The predicted molar refractivity (Wildman–Crippen MR) is 91.1 cm³/mol. The number of esters is 1. The molecule has 3 heterocycles. The number of rotatable bonds is 5. The fourth-order valence-electron chi connectivity index (χ4n) is 2.06. The highest BCUT2D eigenvalue weighted by Crippen LogP contribution is 2.21. The van der Waals surface area contributed by atoms with Gasteiger partial charge in [0.15, 0.2) is 0 Å². The topological polar surface area (TPSA) is 96.1 Å². The van der Waals surface area contributed by atoms with Crippen LogP contribution in [-0.4, -0.2) is 25.1 Å². The van der Waals surface area contributed by atoms with Crippen molar-refractivity contribution in [2.45, 2.75) is 13.2 Å². The lowest BCUT2D eigenvalue weighted by atomic mass is 10.4. The van der Waals surface area contributed by atoms with Gasteiger partial charge in [0.2, 0.25) is 0 Å². The average Bonchev–Trinajstić information content (AvgIpc) is 3.10. The normalized spacial score (nSPS) is 10.6. The lowest BCUT2D eigenvalue weighted by Gasteiger charge is -2.06. The number of hydrogen-bond acceptors (Lipinski definition) is 7. The molecule has 3 aromatic heterocycles. The summed E-state index contributed by atoms with van der Waals surface area (Å²) >= 11 is 1.41. The van der Waals surface area contributed by atoms with E-state index in [9.17, 15) is 14.4 Å². The molecule has 0 N–H and O–H groups in total. The van der Waals surface area contributed by atoms with Crippen molar-refractivity contribution in [3.63, 3.8) is 0 Å². The lowest BCUT2D eigenvalue weighted by molar-refractivity contribution is -0.145. The Hall–Kier alpha value is -3.07. The van der Waals surface area contributed by atoms with Gasteiger partial charge in [-0.1, -0.05) is 6.07 Å². The zero-order valence-electron chi connectivity index (χ0n) is 13.3. The third-order valence-corrected chi connectivity index (χ3v) is 4.29. The van der Waals surface area contributed by atoms with Gasteiger partial charge in [0, 0.05) is 30.9 Å². The van der Waals surface area contributed by atoms with E-state index in [2.05, 4.69) is 9.97 Å². The molecule has 9 heteroatoms. The molecule has 0 fully saturated rings. The van der Waals surface area contributed by atoms with Crippen molar-refractivity contribution in [3.8, 4) is 10.7 Å². The molecule has 0 aliphatic carbocycles. The Bertz CT molecular complexity index is 1010. The summed E-state index contributed by atoms with van der Waals surface area (Å²) in [6, 6.07) is 6.75. The van der Waals surface area contributed by atoms with Gasteiger partial charge in [-0.25, -0.2) is 9.78 Å². The van der Waals surface area contributed by atoms with E-state index in [4.69, 9.17) is 4.74 Å². The number of hydrogen-bond donors (Lipinski definition) is 0. The first-order valence-corrected chi connectivity index (χ1v) is 8.20. The summed E-state index contributed by atoms with van der Waals surface area (Å²) in [5.41, 5.74) is 0.350. The standard InChI is InChI=1S/C16H14N4O4S/c1-19-13(21)5-7-20(16(19)23)8-14(22)24-9-11-10-25-15(18-11)12-4-2-3-6-17-12/h2-7,10H,8-9H2,1H3. The summed E-state index contributed by atoms with van der Waals surface area (Å²) in [7, 11) is 1.35. The second-order valence-electron chi connectivity index (χ2n) is 5.14. The van der Waals surface area contributed by atoms with Crippen LogP contribution in [0.25, 0.3) is 10.7 Å². The van der Waals surface area contributed by atoms with Crippen molar-refractivity contribution >= 4 is 17.3 Å². The molecular weight excluding hydrogens is 344 g/mol. The summed E-state index contributed by atoms with van der Waals surface area (Å²) in [4.78, 5) is 43.7. The zero-order chi connectivity index (χ0) is 17.8. The molecular formula is C16H14N4O4S. The van der Waals surface area contributed by atoms with E-state index in [1.807, 2.05) is 18.2 Å². The third-order valence-electron chi connectivity index (χ3n) is 3.38. The van der Waals surface area contributed by atoms with Crippen LogP contribution >= 0.6 is 11.3 Å². The SMILES string of the molecule is Cn1c(=O)ccn(CC(=O)OCc2csc(-c3ccccn3)n2)c1=O. The molecule has 0 bridgehead atoms. The van der Waals surface area contributed by atoms with Crippen molar-refractivity contribution < 1.29 is 9.53 Å². The molecule has 25 heavy (non-hydrogen) atoms. The Morgan fingerprint density at radius 2 is 2.12 bits per heavy atom. The van der Waals surface area contributed by atoms with Gasteiger partial charge in [0.25, 0.3) is 5.56 Å². The van der Waals surface area contributed by atoms with Crippen LogP contribution in [0, 0.1) is 0 Å². The molecule has 128 valence electrons. The predicted octanol–water partition coefficient (Wildman–Crippen LogP) is 0.809. The van der Waals surface area contributed by atoms with Crippen LogP contribution in [0.4, 0.5) is 0 Å². The first-order valence-electron chi connectivity index (χ1n) is 7.32. The minimum Gasteiger partial charge on any atom is -0.458 e. The van der Waals surface area contributed by atoms with Gasteiger partial charge in [0.1, 0.15) is 18.2 Å². The molecule has 0 atom stereocenters. The highest BCUT2D eigenvalue weighted by atomic mass is 32.1. The van der Waals surface area contributed by atoms with Gasteiger partial charge in [-0.3, -0.25) is 23.7 Å². The van der Waals surface area contributed by atoms with Gasteiger partial charge in [-0.05, 0) is 12.1 Å². The fraction of sp³-hybridized carbons (Fsp3) is 0.188. The number of ether oxygens (including phenoxy) is 1. The number of thiazole rings is 1. The Kier molecular flexibility index (Phi) is 4.85. The average molecular weight is 358 g/mol. The summed E-state index contributed by atoms with van der Waals surface area (Å²) in [5.74, 6) is -0.590. The second kappa shape index (κ2) is 7.22. The Labute approximate surface area is 146 Å². The number of carbonyl (C=O) groups is 1. The smallest absolute Gasteiger partial charge is 0.331 e. The molecule has 0 spiro atoms. The molecule has 0 saturated carbocycles. The van der Waals surface area contributed by atoms with Gasteiger partial charge < -0.3 is 4.74 Å². The summed E-state index contributed by atoms with van der Waals surface area (Å²) in [5, 5.41) is 2.52. The Balaban J connectivity index is 1.62. The van der Waals surface area contributed by atoms with Gasteiger partial charge in [-0.15, -0.1) is 11.3 Å². The fourth-order valence-corrected chi connectivity index (χ4v) is 2.84. The third kappa shape index (κ3) is 3.89. The van der Waals surface area contributed by atoms with Crippen LogP contribution in [0.3, 0.4) is 0 Å². The van der Waals surface area contributed by atoms with Crippen LogP contribution in [0.5, 0.6) is 0 Å². The molecule has 0 amide bonds. The van der Waals surface area contributed by atoms with E-state index in [1.54, 1.807) is 11.6 Å². The molecule has 0 unspecified atom stereocenters. The molecule has 0 aliphatic rings. The molecule has 0 aromatic carbocycles. The van der Waals surface area contributed by atoms with Crippen LogP contribution in [0.2, 0.25) is 0 Å². The van der Waals surface area contributed by atoms with Crippen LogP contribution < -0.4 is 11.2 Å². The quantitative estimate of drug-likeness (QED) is 0.626. The molecule has 0 aliphatic heterocycles. The van der Waals surface area contributed by atoms with Crippen molar-refractivity contribution in [2.24, 2.45) is 7.05 Å². The molecule has 0 radical (unpaired) electrons. The molecule has 3 aromatic rings. The van der Waals surface area contributed by atoms with E-state index < -0.39 is 17.2 Å². The maximum Gasteiger partial charge on any atom is 0.331 e. The maximum atomic E-state index is 11.9.